The van der Waals surface area contributed by atoms with Crippen molar-refractivity contribution in [1.82, 2.24) is 9.62 Å². The monoisotopic (exact) mass is 362 g/mol. The number of benzene rings is 2. The summed E-state index contributed by atoms with van der Waals surface area (Å²) in [6.07, 6.45) is 1.08. The molecule has 0 unspecified atom stereocenters. The minimum Gasteiger partial charge on any atom is -0.339 e. The van der Waals surface area contributed by atoms with Crippen molar-refractivity contribution in [3.8, 4) is 0 Å². The lowest BCUT2D eigenvalue weighted by Gasteiger charge is -2.32. The molecular weight excluding hydrogens is 343 g/mol. The molecular formula is C18H19FN2O3S. The average Bonchev–Trinajstić information content (AvgIpc) is 2.63. The molecule has 0 bridgehead atoms. The van der Waals surface area contributed by atoms with Gasteiger partial charge in [0.1, 0.15) is 5.82 Å². The highest BCUT2D eigenvalue weighted by molar-refractivity contribution is 7.89. The molecule has 7 heteroatoms. The molecule has 1 heterocycles. The van der Waals surface area contributed by atoms with Gasteiger partial charge in [-0.15, -0.1) is 0 Å². The normalized spacial score (nSPS) is 16.0. The van der Waals surface area contributed by atoms with Crippen molar-refractivity contribution >= 4 is 15.9 Å². The van der Waals surface area contributed by atoms with Crippen LogP contribution in [-0.2, 0) is 10.0 Å². The highest BCUT2D eigenvalue weighted by atomic mass is 32.2. The van der Waals surface area contributed by atoms with E-state index in [0.717, 1.165) is 0 Å². The van der Waals surface area contributed by atoms with Crippen LogP contribution in [0.5, 0.6) is 0 Å². The number of likely N-dealkylation sites (tertiary alicyclic amines) is 1. The van der Waals surface area contributed by atoms with E-state index in [-0.39, 0.29) is 22.7 Å². The molecule has 25 heavy (non-hydrogen) atoms. The van der Waals surface area contributed by atoms with E-state index in [0.29, 0.717) is 31.5 Å². The Morgan fingerprint density at radius 3 is 2.20 bits per heavy atom. The molecule has 132 valence electrons. The van der Waals surface area contributed by atoms with Crippen molar-refractivity contribution in [2.75, 3.05) is 13.1 Å². The minimum atomic E-state index is -3.55. The van der Waals surface area contributed by atoms with Crippen molar-refractivity contribution in [2.45, 2.75) is 23.8 Å². The van der Waals surface area contributed by atoms with Gasteiger partial charge in [0.25, 0.3) is 5.91 Å². The second kappa shape index (κ2) is 7.33. The highest BCUT2D eigenvalue weighted by Crippen LogP contribution is 2.17. The van der Waals surface area contributed by atoms with E-state index >= 15 is 0 Å². The molecule has 2 aromatic rings. The molecule has 2 aromatic carbocycles. The molecule has 1 N–H and O–H groups in total. The predicted octanol–water partition coefficient (Wildman–Crippen LogP) is 2.41. The molecule has 0 aromatic heterocycles. The summed E-state index contributed by atoms with van der Waals surface area (Å²) in [5.41, 5.74) is 0.435. The smallest absolute Gasteiger partial charge is 0.253 e. The van der Waals surface area contributed by atoms with Gasteiger partial charge in [-0.25, -0.2) is 17.5 Å². The zero-order chi connectivity index (χ0) is 17.9. The average molecular weight is 362 g/mol. The molecule has 1 saturated heterocycles. The lowest BCUT2D eigenvalue weighted by molar-refractivity contribution is 0.0711. The van der Waals surface area contributed by atoms with Gasteiger partial charge in [-0.05, 0) is 49.2 Å². The number of sulfonamides is 1. The van der Waals surface area contributed by atoms with Gasteiger partial charge in [0, 0.05) is 24.7 Å². The van der Waals surface area contributed by atoms with Crippen LogP contribution >= 0.6 is 0 Å². The van der Waals surface area contributed by atoms with Gasteiger partial charge in [-0.3, -0.25) is 4.79 Å². The first kappa shape index (κ1) is 17.6. The fourth-order valence-electron chi connectivity index (χ4n) is 2.86. The van der Waals surface area contributed by atoms with E-state index in [4.69, 9.17) is 0 Å². The van der Waals surface area contributed by atoms with Crippen molar-refractivity contribution in [1.29, 1.82) is 0 Å². The van der Waals surface area contributed by atoms with Crippen molar-refractivity contribution in [3.05, 3.63) is 66.0 Å². The SMILES string of the molecule is O=C(c1ccc(F)cc1)N1CCC(NS(=O)(=O)c2ccccc2)CC1. The Morgan fingerprint density at radius 2 is 1.60 bits per heavy atom. The Bertz CT molecular complexity index is 830. The second-order valence-electron chi connectivity index (χ2n) is 6.01. The van der Waals surface area contributed by atoms with Crippen LogP contribution < -0.4 is 4.72 Å². The van der Waals surface area contributed by atoms with Crippen LogP contribution in [0.25, 0.3) is 0 Å². The summed E-state index contributed by atoms with van der Waals surface area (Å²) in [5.74, 6) is -0.546. The molecule has 1 aliphatic heterocycles. The van der Waals surface area contributed by atoms with Crippen LogP contribution in [0.4, 0.5) is 4.39 Å². The van der Waals surface area contributed by atoms with Gasteiger partial charge in [-0.1, -0.05) is 18.2 Å². The van der Waals surface area contributed by atoms with Gasteiger partial charge < -0.3 is 4.90 Å². The number of hydrogen-bond donors (Lipinski definition) is 1. The Balaban J connectivity index is 1.58. The number of rotatable bonds is 4. The first-order valence-electron chi connectivity index (χ1n) is 8.08. The highest BCUT2D eigenvalue weighted by Gasteiger charge is 2.27. The molecule has 1 fully saturated rings. The third-order valence-corrected chi connectivity index (χ3v) is 5.79. The zero-order valence-corrected chi connectivity index (χ0v) is 14.4. The summed E-state index contributed by atoms with van der Waals surface area (Å²) in [6.45, 7) is 0.913. The van der Waals surface area contributed by atoms with Crippen LogP contribution in [0.1, 0.15) is 23.2 Å². The molecule has 1 amide bonds. The number of hydrogen-bond acceptors (Lipinski definition) is 3. The third-order valence-electron chi connectivity index (χ3n) is 4.25. The van der Waals surface area contributed by atoms with Gasteiger partial charge in [0.15, 0.2) is 0 Å². The van der Waals surface area contributed by atoms with Crippen molar-refractivity contribution < 1.29 is 17.6 Å². The van der Waals surface area contributed by atoms with Crippen LogP contribution in [0.3, 0.4) is 0 Å². The second-order valence-corrected chi connectivity index (χ2v) is 7.72. The van der Waals surface area contributed by atoms with E-state index in [1.54, 1.807) is 35.2 Å². The molecule has 0 saturated carbocycles. The maximum absolute atomic E-state index is 13.0. The summed E-state index contributed by atoms with van der Waals surface area (Å²) in [7, 11) is -3.55. The molecule has 0 atom stereocenters. The molecule has 0 spiro atoms. The number of nitrogens with zero attached hydrogens (tertiary/aromatic N) is 1. The van der Waals surface area contributed by atoms with Gasteiger partial charge >= 0.3 is 0 Å². The maximum atomic E-state index is 13.0. The Hall–Kier alpha value is -2.25. The number of carbonyl (C=O) groups excluding carboxylic acids is 1. The Kier molecular flexibility index (Phi) is 5.15. The van der Waals surface area contributed by atoms with Crippen LogP contribution in [0.15, 0.2) is 59.5 Å². The summed E-state index contributed by atoms with van der Waals surface area (Å²) >= 11 is 0. The summed E-state index contributed by atoms with van der Waals surface area (Å²) < 4.78 is 40.3. The van der Waals surface area contributed by atoms with Crippen LogP contribution in [0.2, 0.25) is 0 Å². The standard InChI is InChI=1S/C18H19FN2O3S/c19-15-8-6-14(7-9-15)18(22)21-12-10-16(11-13-21)20-25(23,24)17-4-2-1-3-5-17/h1-9,16,20H,10-13H2. The molecule has 0 radical (unpaired) electrons. The quantitative estimate of drug-likeness (QED) is 0.908. The number of piperidine rings is 1. The third kappa shape index (κ3) is 4.24. The van der Waals surface area contributed by atoms with E-state index in [1.165, 1.54) is 24.3 Å². The zero-order valence-electron chi connectivity index (χ0n) is 13.6. The largest absolute Gasteiger partial charge is 0.339 e. The summed E-state index contributed by atoms with van der Waals surface area (Å²) in [5, 5.41) is 0. The lowest BCUT2D eigenvalue weighted by Crippen LogP contribution is -2.46. The summed E-state index contributed by atoms with van der Waals surface area (Å²) in [6, 6.07) is 13.5. The molecule has 3 rings (SSSR count). The molecule has 5 nitrogen and oxygen atoms in total. The first-order chi connectivity index (χ1) is 12.0. The maximum Gasteiger partial charge on any atom is 0.253 e. The van der Waals surface area contributed by atoms with Crippen molar-refractivity contribution in [2.24, 2.45) is 0 Å². The number of nitrogens with one attached hydrogen (secondary N) is 1. The lowest BCUT2D eigenvalue weighted by atomic mass is 10.0. The van der Waals surface area contributed by atoms with Gasteiger partial charge in [0.2, 0.25) is 10.0 Å². The van der Waals surface area contributed by atoms with Crippen LogP contribution in [-0.4, -0.2) is 38.4 Å². The Morgan fingerprint density at radius 1 is 1.00 bits per heavy atom. The van der Waals surface area contributed by atoms with Gasteiger partial charge in [-0.2, -0.15) is 0 Å². The number of amides is 1. The number of carbonyl (C=O) groups is 1. The molecule has 1 aliphatic rings. The number of halogens is 1. The van der Waals surface area contributed by atoms with Crippen molar-refractivity contribution in [3.63, 3.8) is 0 Å². The van der Waals surface area contributed by atoms with E-state index in [2.05, 4.69) is 4.72 Å². The topological polar surface area (TPSA) is 66.5 Å². The first-order valence-corrected chi connectivity index (χ1v) is 9.56. The predicted molar refractivity (Wildman–Crippen MR) is 92.1 cm³/mol. The fourth-order valence-corrected chi connectivity index (χ4v) is 4.19. The minimum absolute atomic E-state index is 0.163. The molecule has 0 aliphatic carbocycles. The Labute approximate surface area is 146 Å². The fraction of sp³-hybridized carbons (Fsp3) is 0.278. The van der Waals surface area contributed by atoms with Gasteiger partial charge in [0.05, 0.1) is 4.90 Å². The van der Waals surface area contributed by atoms with E-state index < -0.39 is 10.0 Å². The van der Waals surface area contributed by atoms with E-state index in [1.807, 2.05) is 0 Å². The van der Waals surface area contributed by atoms with Crippen LogP contribution in [0, 0.1) is 5.82 Å². The van der Waals surface area contributed by atoms with E-state index in [9.17, 15) is 17.6 Å². The summed E-state index contributed by atoms with van der Waals surface area (Å²) in [4.78, 5) is 14.3.